The highest BCUT2D eigenvalue weighted by Crippen LogP contribution is 2.40. The minimum absolute atomic E-state index is 0.173. The summed E-state index contributed by atoms with van der Waals surface area (Å²) in [6.45, 7) is 0. The monoisotopic (exact) mass is 452 g/mol. The first-order chi connectivity index (χ1) is 16.3. The van der Waals surface area contributed by atoms with E-state index in [1.54, 1.807) is 0 Å². The summed E-state index contributed by atoms with van der Waals surface area (Å²) in [6, 6.07) is 26.8. The van der Waals surface area contributed by atoms with Crippen LogP contribution in [-0.2, 0) is 24.1 Å². The van der Waals surface area contributed by atoms with Crippen LogP contribution in [0.1, 0.15) is 28.4 Å². The maximum absolute atomic E-state index is 12.4. The number of amides is 1. The Morgan fingerprint density at radius 3 is 2.52 bits per heavy atom. The van der Waals surface area contributed by atoms with E-state index in [9.17, 15) is 4.79 Å². The van der Waals surface area contributed by atoms with Crippen molar-refractivity contribution in [2.45, 2.75) is 30.5 Å². The topological polar surface area (TPSA) is 59.0 Å². The van der Waals surface area contributed by atoms with Gasteiger partial charge in [-0.1, -0.05) is 84.6 Å². The first-order valence-electron chi connectivity index (χ1n) is 11.0. The molecule has 1 aromatic heterocycles. The average Bonchev–Trinajstić information content (AvgIpc) is 3.02. The van der Waals surface area contributed by atoms with E-state index in [2.05, 4.69) is 58.7 Å². The summed E-state index contributed by atoms with van der Waals surface area (Å²) in [4.78, 5) is 19.0. The zero-order valence-electron chi connectivity index (χ0n) is 18.4. The minimum Gasteiger partial charge on any atom is -0.306 e. The van der Waals surface area contributed by atoms with Crippen molar-refractivity contribution in [1.82, 2.24) is 15.2 Å². The van der Waals surface area contributed by atoms with E-state index in [1.807, 2.05) is 41.5 Å². The van der Waals surface area contributed by atoms with Gasteiger partial charge < -0.3 is 4.90 Å². The predicted molar refractivity (Wildman–Crippen MR) is 132 cm³/mol. The van der Waals surface area contributed by atoms with Gasteiger partial charge in [0.25, 0.3) is 0 Å². The molecule has 5 rings (SSSR count). The molecule has 164 valence electrons. The number of fused-ring (bicyclic) bond motifs is 3. The van der Waals surface area contributed by atoms with Crippen LogP contribution in [0.2, 0.25) is 0 Å². The Labute approximate surface area is 197 Å². The van der Waals surface area contributed by atoms with Crippen molar-refractivity contribution in [1.29, 1.82) is 0 Å². The summed E-state index contributed by atoms with van der Waals surface area (Å²) >= 11 is 1.47. The van der Waals surface area contributed by atoms with Crippen LogP contribution < -0.4 is 4.90 Å². The number of para-hydroxylation sites is 1. The molecule has 1 aliphatic heterocycles. The van der Waals surface area contributed by atoms with Gasteiger partial charge in [0.05, 0.1) is 17.4 Å². The molecule has 4 aromatic rings. The smallest absolute Gasteiger partial charge is 0.214 e. The van der Waals surface area contributed by atoms with Crippen LogP contribution in [0.4, 0.5) is 5.69 Å². The number of carbonyl (C=O) groups excluding carboxylic acids is 1. The summed E-state index contributed by atoms with van der Waals surface area (Å²) in [5, 5.41) is 9.39. The van der Waals surface area contributed by atoms with Gasteiger partial charge in [0.1, 0.15) is 5.69 Å². The fourth-order valence-electron chi connectivity index (χ4n) is 4.43. The molecule has 0 bridgehead atoms. The Morgan fingerprint density at radius 2 is 1.70 bits per heavy atom. The van der Waals surface area contributed by atoms with E-state index >= 15 is 0 Å². The molecule has 33 heavy (non-hydrogen) atoms. The van der Waals surface area contributed by atoms with E-state index in [4.69, 9.17) is 4.98 Å². The average molecular weight is 453 g/mol. The number of hydrogen-bond donors (Lipinski definition) is 0. The van der Waals surface area contributed by atoms with Crippen molar-refractivity contribution in [3.05, 3.63) is 101 Å². The number of aromatic nitrogens is 3. The minimum atomic E-state index is -0.173. The SMILES string of the molecule is CSc1nnc2c(n1)CC(c1cccc(CCc3ccccc3)c1)N(C=O)c1ccccc1-2. The molecule has 6 heteroatoms. The van der Waals surface area contributed by atoms with Crippen molar-refractivity contribution in [2.24, 2.45) is 0 Å². The molecule has 0 saturated carbocycles. The lowest BCUT2D eigenvalue weighted by molar-refractivity contribution is -0.107. The van der Waals surface area contributed by atoms with Crippen molar-refractivity contribution in [2.75, 3.05) is 11.2 Å². The maximum Gasteiger partial charge on any atom is 0.214 e. The number of rotatable bonds is 6. The van der Waals surface area contributed by atoms with Crippen molar-refractivity contribution in [3.8, 4) is 11.3 Å². The third-order valence-corrected chi connectivity index (χ3v) is 6.61. The lowest BCUT2D eigenvalue weighted by Gasteiger charge is -2.28. The highest BCUT2D eigenvalue weighted by atomic mass is 32.2. The first-order valence-corrected chi connectivity index (χ1v) is 12.2. The maximum atomic E-state index is 12.4. The van der Waals surface area contributed by atoms with E-state index in [-0.39, 0.29) is 6.04 Å². The largest absolute Gasteiger partial charge is 0.306 e. The van der Waals surface area contributed by atoms with Gasteiger partial charge in [-0.05, 0) is 41.9 Å². The summed E-state index contributed by atoms with van der Waals surface area (Å²) in [7, 11) is 0. The molecule has 0 fully saturated rings. The Balaban J connectivity index is 1.54. The molecule has 0 aliphatic carbocycles. The summed E-state index contributed by atoms with van der Waals surface area (Å²) in [5.41, 5.74) is 7.00. The lowest BCUT2D eigenvalue weighted by atomic mass is 9.96. The molecule has 1 amide bonds. The molecule has 0 radical (unpaired) electrons. The van der Waals surface area contributed by atoms with Gasteiger partial charge >= 0.3 is 0 Å². The van der Waals surface area contributed by atoms with Crippen LogP contribution in [0.3, 0.4) is 0 Å². The van der Waals surface area contributed by atoms with Crippen LogP contribution in [0.25, 0.3) is 11.3 Å². The molecule has 0 spiro atoms. The van der Waals surface area contributed by atoms with E-state index in [0.29, 0.717) is 11.6 Å². The summed E-state index contributed by atoms with van der Waals surface area (Å²) < 4.78 is 0. The van der Waals surface area contributed by atoms with Crippen LogP contribution in [-0.4, -0.2) is 27.8 Å². The number of nitrogens with zero attached hydrogens (tertiary/aromatic N) is 4. The quantitative estimate of drug-likeness (QED) is 0.293. The number of carbonyl (C=O) groups is 1. The Morgan fingerprint density at radius 1 is 0.939 bits per heavy atom. The third-order valence-electron chi connectivity index (χ3n) is 6.08. The van der Waals surface area contributed by atoms with Crippen molar-refractivity contribution in [3.63, 3.8) is 0 Å². The van der Waals surface area contributed by atoms with E-state index in [1.165, 1.54) is 22.9 Å². The first kappa shape index (κ1) is 21.3. The number of thioether (sulfide) groups is 1. The number of anilines is 1. The third kappa shape index (κ3) is 4.39. The molecular weight excluding hydrogens is 428 g/mol. The zero-order chi connectivity index (χ0) is 22.6. The normalized spacial score (nSPS) is 14.8. The van der Waals surface area contributed by atoms with Crippen LogP contribution in [0, 0.1) is 0 Å². The molecule has 1 unspecified atom stereocenters. The zero-order valence-corrected chi connectivity index (χ0v) is 19.2. The second kappa shape index (κ2) is 9.55. The summed E-state index contributed by atoms with van der Waals surface area (Å²) in [5.74, 6) is 0. The fraction of sp³-hybridized carbons (Fsp3) is 0.185. The second-order valence-corrected chi connectivity index (χ2v) is 8.85. The Bertz CT molecular complexity index is 1280. The van der Waals surface area contributed by atoms with Crippen LogP contribution >= 0.6 is 11.8 Å². The Hall–Kier alpha value is -3.51. The van der Waals surface area contributed by atoms with E-state index < -0.39 is 0 Å². The van der Waals surface area contributed by atoms with Gasteiger partial charge in [0.2, 0.25) is 11.6 Å². The van der Waals surface area contributed by atoms with Gasteiger partial charge in [0.15, 0.2) is 0 Å². The Kier molecular flexibility index (Phi) is 6.17. The van der Waals surface area contributed by atoms with Crippen molar-refractivity contribution < 1.29 is 4.79 Å². The summed E-state index contributed by atoms with van der Waals surface area (Å²) in [6.07, 6.45) is 5.37. The second-order valence-electron chi connectivity index (χ2n) is 8.07. The molecule has 2 heterocycles. The number of benzene rings is 3. The van der Waals surface area contributed by atoms with Gasteiger partial charge in [-0.15, -0.1) is 10.2 Å². The van der Waals surface area contributed by atoms with Crippen LogP contribution in [0.15, 0.2) is 84.0 Å². The van der Waals surface area contributed by atoms with Crippen LogP contribution in [0.5, 0.6) is 0 Å². The van der Waals surface area contributed by atoms with E-state index in [0.717, 1.165) is 47.5 Å². The van der Waals surface area contributed by atoms with Gasteiger partial charge in [0, 0.05) is 12.0 Å². The molecule has 5 nitrogen and oxygen atoms in total. The van der Waals surface area contributed by atoms with Gasteiger partial charge in [-0.2, -0.15) is 0 Å². The molecule has 1 atom stereocenters. The molecule has 0 N–H and O–H groups in total. The molecule has 1 aliphatic rings. The standard InChI is InChI=1S/C27H24N4OS/c1-33-27-28-23-17-25(31(18-32)24-13-6-5-12-22(24)26(23)29-30-27)21-11-7-10-20(16-21)15-14-19-8-3-2-4-9-19/h2-13,16,18,25H,14-15,17H2,1H3. The number of aryl methyl sites for hydroxylation is 2. The highest BCUT2D eigenvalue weighted by molar-refractivity contribution is 7.98. The molecule has 3 aromatic carbocycles. The van der Waals surface area contributed by atoms with Gasteiger partial charge in [-0.25, -0.2) is 4.98 Å². The van der Waals surface area contributed by atoms with Gasteiger partial charge in [-0.3, -0.25) is 4.79 Å². The highest BCUT2D eigenvalue weighted by Gasteiger charge is 2.30. The number of hydrogen-bond acceptors (Lipinski definition) is 5. The molecular formula is C27H24N4OS. The predicted octanol–water partition coefficient (Wildman–Crippen LogP) is 5.31. The lowest BCUT2D eigenvalue weighted by Crippen LogP contribution is -2.28. The molecule has 0 saturated heterocycles. The fourth-order valence-corrected chi connectivity index (χ4v) is 4.75. The van der Waals surface area contributed by atoms with Crippen molar-refractivity contribution >= 4 is 23.9 Å².